The summed E-state index contributed by atoms with van der Waals surface area (Å²) in [6, 6.07) is 7.36. The van der Waals surface area contributed by atoms with Gasteiger partial charge < -0.3 is 10.6 Å². The maximum atomic E-state index is 13.0. The Morgan fingerprint density at radius 1 is 1.24 bits per heavy atom. The fraction of sp³-hybridized carbons (Fsp3) is 0.357. The number of nitrogens with one attached hydrogen (secondary N) is 3. The van der Waals surface area contributed by atoms with Gasteiger partial charge in [0.15, 0.2) is 0 Å². The quantitative estimate of drug-likeness (QED) is 0.816. The van der Waals surface area contributed by atoms with Crippen LogP contribution in [0.15, 0.2) is 30.3 Å². The smallest absolute Gasteiger partial charge is 0.365 e. The monoisotopic (exact) mass is 296 g/mol. The molecule has 1 aromatic heterocycles. The lowest BCUT2D eigenvalue weighted by Gasteiger charge is -2.11. The molecule has 1 unspecified atom stereocenters. The minimum Gasteiger partial charge on any atom is -0.365 e. The molecule has 1 saturated heterocycles. The lowest BCUT2D eigenvalue weighted by Crippen LogP contribution is -2.22. The van der Waals surface area contributed by atoms with Crippen molar-refractivity contribution in [3.63, 3.8) is 0 Å². The average molecular weight is 296 g/mol. The van der Waals surface area contributed by atoms with Gasteiger partial charge in [0.2, 0.25) is 0 Å². The van der Waals surface area contributed by atoms with E-state index in [0.29, 0.717) is 11.5 Å². The van der Waals surface area contributed by atoms with Gasteiger partial charge in [-0.15, -0.1) is 0 Å². The molecule has 1 atom stereocenters. The van der Waals surface area contributed by atoms with Crippen molar-refractivity contribution in [2.45, 2.75) is 18.6 Å². The van der Waals surface area contributed by atoms with Gasteiger partial charge in [0, 0.05) is 24.2 Å². The fourth-order valence-corrected chi connectivity index (χ4v) is 2.49. The normalized spacial score (nSPS) is 18.9. The number of H-pyrrole nitrogens is 1. The third kappa shape index (κ3) is 3.02. The Balaban J connectivity index is 1.86. The van der Waals surface area contributed by atoms with Gasteiger partial charge in [-0.25, -0.2) is 0 Å². The molecule has 0 bridgehead atoms. The Kier molecular flexibility index (Phi) is 3.59. The molecule has 1 fully saturated rings. The molecule has 0 saturated carbocycles. The molecule has 21 heavy (non-hydrogen) atoms. The van der Waals surface area contributed by atoms with E-state index in [2.05, 4.69) is 20.8 Å². The number of anilines is 1. The van der Waals surface area contributed by atoms with Crippen LogP contribution in [0.25, 0.3) is 11.3 Å². The second-order valence-corrected chi connectivity index (χ2v) is 5.04. The van der Waals surface area contributed by atoms with E-state index in [1.807, 2.05) is 0 Å². The first-order chi connectivity index (χ1) is 10.0. The number of halogens is 3. The van der Waals surface area contributed by atoms with E-state index in [9.17, 15) is 13.2 Å². The molecule has 2 aromatic rings. The summed E-state index contributed by atoms with van der Waals surface area (Å²) in [6.45, 7) is 1.77. The zero-order valence-corrected chi connectivity index (χ0v) is 11.2. The van der Waals surface area contributed by atoms with Crippen LogP contribution in [0.2, 0.25) is 0 Å². The molecule has 0 radical (unpaired) electrons. The predicted octanol–water partition coefficient (Wildman–Crippen LogP) is 2.87. The van der Waals surface area contributed by atoms with Crippen molar-refractivity contribution in [2.75, 3.05) is 18.4 Å². The van der Waals surface area contributed by atoms with Gasteiger partial charge in [-0.3, -0.25) is 5.10 Å². The summed E-state index contributed by atoms with van der Waals surface area (Å²) >= 11 is 0. The van der Waals surface area contributed by atoms with Crippen LogP contribution in [0.4, 0.5) is 19.0 Å². The van der Waals surface area contributed by atoms with Crippen molar-refractivity contribution in [2.24, 2.45) is 0 Å². The van der Waals surface area contributed by atoms with Gasteiger partial charge in [-0.1, -0.05) is 18.2 Å². The van der Waals surface area contributed by atoms with E-state index in [1.165, 1.54) is 12.1 Å². The summed E-state index contributed by atoms with van der Waals surface area (Å²) in [5.41, 5.74) is -0.200. The number of aromatic amines is 1. The Labute approximate surface area is 119 Å². The van der Waals surface area contributed by atoms with Gasteiger partial charge >= 0.3 is 6.18 Å². The molecule has 7 heteroatoms. The third-order valence-corrected chi connectivity index (χ3v) is 3.51. The van der Waals surface area contributed by atoms with Crippen molar-refractivity contribution in [1.29, 1.82) is 0 Å². The Bertz CT molecular complexity index is 615. The van der Waals surface area contributed by atoms with Crippen LogP contribution < -0.4 is 10.6 Å². The van der Waals surface area contributed by atoms with Crippen molar-refractivity contribution in [1.82, 2.24) is 15.5 Å². The van der Waals surface area contributed by atoms with Crippen LogP contribution in [-0.2, 0) is 6.18 Å². The standard InChI is InChI=1S/C14H15F3N4/c15-14(16,17)11-4-2-1-3-10(11)12-7-13(21-20-12)19-9-5-6-18-8-9/h1-4,7,9,18H,5-6,8H2,(H2,19,20,21). The molecule has 0 amide bonds. The highest BCUT2D eigenvalue weighted by Gasteiger charge is 2.33. The van der Waals surface area contributed by atoms with Crippen molar-refractivity contribution >= 4 is 5.82 Å². The zero-order chi connectivity index (χ0) is 14.9. The number of hydrogen-bond acceptors (Lipinski definition) is 3. The highest BCUT2D eigenvalue weighted by atomic mass is 19.4. The van der Waals surface area contributed by atoms with E-state index in [4.69, 9.17) is 0 Å². The number of alkyl halides is 3. The molecular formula is C14H15F3N4. The van der Waals surface area contributed by atoms with Gasteiger partial charge in [-0.2, -0.15) is 18.3 Å². The van der Waals surface area contributed by atoms with Crippen molar-refractivity contribution in [3.8, 4) is 11.3 Å². The topological polar surface area (TPSA) is 52.7 Å². The Morgan fingerprint density at radius 3 is 2.76 bits per heavy atom. The van der Waals surface area contributed by atoms with Crippen LogP contribution >= 0.6 is 0 Å². The molecule has 0 aliphatic carbocycles. The molecule has 1 aromatic carbocycles. The molecule has 1 aliphatic heterocycles. The predicted molar refractivity (Wildman–Crippen MR) is 73.9 cm³/mol. The van der Waals surface area contributed by atoms with Crippen LogP contribution in [0.3, 0.4) is 0 Å². The second-order valence-electron chi connectivity index (χ2n) is 5.04. The van der Waals surface area contributed by atoms with Crippen LogP contribution in [-0.4, -0.2) is 29.3 Å². The number of rotatable bonds is 3. The van der Waals surface area contributed by atoms with E-state index >= 15 is 0 Å². The number of nitrogens with zero attached hydrogens (tertiary/aromatic N) is 1. The molecule has 3 N–H and O–H groups in total. The summed E-state index contributed by atoms with van der Waals surface area (Å²) < 4.78 is 39.0. The van der Waals surface area contributed by atoms with Gasteiger partial charge in [-0.05, 0) is 19.0 Å². The largest absolute Gasteiger partial charge is 0.417 e. The van der Waals surface area contributed by atoms with Crippen LogP contribution in [0.5, 0.6) is 0 Å². The lowest BCUT2D eigenvalue weighted by molar-refractivity contribution is -0.137. The van der Waals surface area contributed by atoms with E-state index in [0.717, 1.165) is 25.6 Å². The minimum absolute atomic E-state index is 0.107. The molecule has 112 valence electrons. The van der Waals surface area contributed by atoms with Crippen LogP contribution in [0.1, 0.15) is 12.0 Å². The average Bonchev–Trinajstić information content (AvgIpc) is 3.10. The third-order valence-electron chi connectivity index (χ3n) is 3.51. The van der Waals surface area contributed by atoms with Crippen LogP contribution in [0, 0.1) is 0 Å². The lowest BCUT2D eigenvalue weighted by atomic mass is 10.0. The molecule has 2 heterocycles. The molecule has 0 spiro atoms. The summed E-state index contributed by atoms with van der Waals surface area (Å²) in [5.74, 6) is 0.565. The van der Waals surface area contributed by atoms with Gasteiger partial charge in [0.05, 0.1) is 11.3 Å². The number of aromatic nitrogens is 2. The summed E-state index contributed by atoms with van der Waals surface area (Å²) in [6.07, 6.45) is -3.41. The number of hydrogen-bond donors (Lipinski definition) is 3. The van der Waals surface area contributed by atoms with Crippen molar-refractivity contribution < 1.29 is 13.2 Å². The zero-order valence-electron chi connectivity index (χ0n) is 11.2. The van der Waals surface area contributed by atoms with E-state index < -0.39 is 11.7 Å². The maximum Gasteiger partial charge on any atom is 0.417 e. The first-order valence-electron chi connectivity index (χ1n) is 6.73. The Hall–Kier alpha value is -2.02. The highest BCUT2D eigenvalue weighted by Crippen LogP contribution is 2.36. The summed E-state index contributed by atoms with van der Waals surface area (Å²) in [5, 5.41) is 13.1. The molecule has 1 aliphatic rings. The molecular weight excluding hydrogens is 281 g/mol. The fourth-order valence-electron chi connectivity index (χ4n) is 2.49. The Morgan fingerprint density at radius 2 is 2.05 bits per heavy atom. The summed E-state index contributed by atoms with van der Waals surface area (Å²) in [7, 11) is 0. The molecule has 4 nitrogen and oxygen atoms in total. The highest BCUT2D eigenvalue weighted by molar-refractivity contribution is 5.67. The SMILES string of the molecule is FC(F)(F)c1ccccc1-c1cc(NC2CCNC2)n[nH]1. The van der Waals surface area contributed by atoms with E-state index in [-0.39, 0.29) is 11.6 Å². The van der Waals surface area contributed by atoms with Gasteiger partial charge in [0.1, 0.15) is 5.82 Å². The maximum absolute atomic E-state index is 13.0. The van der Waals surface area contributed by atoms with E-state index in [1.54, 1.807) is 12.1 Å². The number of benzene rings is 1. The van der Waals surface area contributed by atoms with Gasteiger partial charge in [0.25, 0.3) is 0 Å². The second kappa shape index (κ2) is 5.40. The first kappa shape index (κ1) is 13.9. The molecule has 3 rings (SSSR count). The minimum atomic E-state index is -4.38. The first-order valence-corrected chi connectivity index (χ1v) is 6.73. The van der Waals surface area contributed by atoms with Crippen molar-refractivity contribution in [3.05, 3.63) is 35.9 Å². The summed E-state index contributed by atoms with van der Waals surface area (Å²) in [4.78, 5) is 0.